The summed E-state index contributed by atoms with van der Waals surface area (Å²) in [7, 11) is 0. The largest absolute Gasteiger partial charge is 0.467 e. The number of aryl methyl sites for hydroxylation is 1. The number of hydrogen-bond acceptors (Lipinski definition) is 4. The molecule has 0 aliphatic rings. The highest BCUT2D eigenvalue weighted by Gasteiger charge is 2.19. The number of furan rings is 1. The molecule has 0 bridgehead atoms. The van der Waals surface area contributed by atoms with Crippen molar-refractivity contribution in [2.75, 3.05) is 0 Å². The van der Waals surface area contributed by atoms with Crippen LogP contribution in [0.25, 0.3) is 28.1 Å². The van der Waals surface area contributed by atoms with Crippen molar-refractivity contribution >= 4 is 16.7 Å². The van der Waals surface area contributed by atoms with E-state index in [0.717, 1.165) is 39.3 Å². The molecule has 6 nitrogen and oxygen atoms in total. The number of aromatic nitrogens is 5. The van der Waals surface area contributed by atoms with Crippen molar-refractivity contribution in [2.45, 2.75) is 20.4 Å². The fourth-order valence-corrected chi connectivity index (χ4v) is 3.40. The highest BCUT2D eigenvalue weighted by Crippen LogP contribution is 2.28. The van der Waals surface area contributed by atoms with E-state index >= 15 is 0 Å². The smallest absolute Gasteiger partial charge is 0.182 e. The summed E-state index contributed by atoms with van der Waals surface area (Å²) >= 11 is 0. The molecule has 0 saturated heterocycles. The number of hydrogen-bond donors (Lipinski definition) is 0. The second-order valence-electron chi connectivity index (χ2n) is 6.53. The number of nitrogens with zero attached hydrogens (tertiary/aromatic N) is 5. The second kappa shape index (κ2) is 5.77. The number of rotatable bonds is 3. The van der Waals surface area contributed by atoms with Crippen LogP contribution in [-0.4, -0.2) is 24.1 Å². The summed E-state index contributed by atoms with van der Waals surface area (Å²) < 4.78 is 22.5. The quantitative estimate of drug-likeness (QED) is 0.484. The van der Waals surface area contributed by atoms with Crippen molar-refractivity contribution in [3.05, 3.63) is 71.8 Å². The molecular weight excluding hydrogens is 345 g/mol. The predicted octanol–water partition coefficient (Wildman–Crippen LogP) is 4.14. The average Bonchev–Trinajstić information content (AvgIpc) is 3.38. The standard InChI is InChI=1S/C20H16FN5O/c1-12-13(2)25(10-16-4-3-9-27-16)19-17(12)20-23-18(24-26(20)11-22-19)14-5-7-15(21)8-6-14/h3-9,11H,10H2,1-2H3. The fraction of sp³-hybridized carbons (Fsp3) is 0.150. The maximum absolute atomic E-state index is 13.2. The highest BCUT2D eigenvalue weighted by molar-refractivity contribution is 5.94. The minimum atomic E-state index is -0.284. The first-order chi connectivity index (χ1) is 13.1. The van der Waals surface area contributed by atoms with E-state index in [1.165, 1.54) is 12.1 Å². The van der Waals surface area contributed by atoms with Crippen LogP contribution in [0.15, 0.2) is 53.4 Å². The van der Waals surface area contributed by atoms with Gasteiger partial charge in [0.2, 0.25) is 0 Å². The molecule has 0 fully saturated rings. The monoisotopic (exact) mass is 361 g/mol. The number of benzene rings is 1. The summed E-state index contributed by atoms with van der Waals surface area (Å²) in [6.45, 7) is 4.73. The van der Waals surface area contributed by atoms with E-state index in [0.29, 0.717) is 12.4 Å². The van der Waals surface area contributed by atoms with E-state index < -0.39 is 0 Å². The van der Waals surface area contributed by atoms with E-state index in [1.54, 1.807) is 29.2 Å². The molecule has 0 atom stereocenters. The van der Waals surface area contributed by atoms with Crippen LogP contribution in [0.3, 0.4) is 0 Å². The zero-order valence-electron chi connectivity index (χ0n) is 14.8. The Hall–Kier alpha value is -3.48. The summed E-state index contributed by atoms with van der Waals surface area (Å²) in [5.74, 6) is 1.12. The third-order valence-electron chi connectivity index (χ3n) is 4.94. The van der Waals surface area contributed by atoms with Gasteiger partial charge in [0.15, 0.2) is 11.5 Å². The fourth-order valence-electron chi connectivity index (χ4n) is 3.40. The summed E-state index contributed by atoms with van der Waals surface area (Å²) in [6, 6.07) is 9.99. The van der Waals surface area contributed by atoms with Crippen LogP contribution >= 0.6 is 0 Å². The van der Waals surface area contributed by atoms with Gasteiger partial charge >= 0.3 is 0 Å². The predicted molar refractivity (Wildman–Crippen MR) is 99.0 cm³/mol. The van der Waals surface area contributed by atoms with Crippen LogP contribution in [-0.2, 0) is 6.54 Å². The molecule has 4 aromatic heterocycles. The van der Waals surface area contributed by atoms with Gasteiger partial charge in [0.05, 0.1) is 18.2 Å². The van der Waals surface area contributed by atoms with Crippen molar-refractivity contribution in [3.63, 3.8) is 0 Å². The molecule has 5 aromatic rings. The molecule has 0 aliphatic heterocycles. The molecule has 5 rings (SSSR count). The van der Waals surface area contributed by atoms with Crippen LogP contribution in [0.4, 0.5) is 4.39 Å². The minimum Gasteiger partial charge on any atom is -0.467 e. The van der Waals surface area contributed by atoms with Gasteiger partial charge in [-0.05, 0) is 55.8 Å². The SMILES string of the molecule is Cc1c(C)n(Cc2ccco2)c2ncn3nc(-c4ccc(F)cc4)nc3c12. The van der Waals surface area contributed by atoms with E-state index in [2.05, 4.69) is 28.5 Å². The number of fused-ring (bicyclic) bond motifs is 3. The molecule has 0 unspecified atom stereocenters. The topological polar surface area (TPSA) is 61.2 Å². The van der Waals surface area contributed by atoms with Gasteiger partial charge in [-0.2, -0.15) is 0 Å². The lowest BCUT2D eigenvalue weighted by Crippen LogP contribution is -2.02. The van der Waals surface area contributed by atoms with Gasteiger partial charge in [0.25, 0.3) is 0 Å². The Morgan fingerprint density at radius 2 is 1.89 bits per heavy atom. The van der Waals surface area contributed by atoms with Crippen LogP contribution in [0.1, 0.15) is 17.0 Å². The minimum absolute atomic E-state index is 0.284. The Kier molecular flexibility index (Phi) is 3.36. The molecule has 4 heterocycles. The Bertz CT molecular complexity index is 1270. The van der Waals surface area contributed by atoms with E-state index in [1.807, 2.05) is 12.1 Å². The maximum Gasteiger partial charge on any atom is 0.182 e. The molecule has 0 amide bonds. The van der Waals surface area contributed by atoms with Gasteiger partial charge in [-0.3, -0.25) is 0 Å². The van der Waals surface area contributed by atoms with Crippen LogP contribution < -0.4 is 0 Å². The van der Waals surface area contributed by atoms with Crippen molar-refractivity contribution < 1.29 is 8.81 Å². The van der Waals surface area contributed by atoms with Gasteiger partial charge in [0, 0.05) is 11.3 Å². The second-order valence-corrected chi connectivity index (χ2v) is 6.53. The maximum atomic E-state index is 13.2. The molecular formula is C20H16FN5O. The van der Waals surface area contributed by atoms with E-state index in [-0.39, 0.29) is 5.82 Å². The highest BCUT2D eigenvalue weighted by atomic mass is 19.1. The van der Waals surface area contributed by atoms with Gasteiger partial charge in [0.1, 0.15) is 23.6 Å². The van der Waals surface area contributed by atoms with Crippen molar-refractivity contribution in [2.24, 2.45) is 0 Å². The van der Waals surface area contributed by atoms with Gasteiger partial charge in [-0.1, -0.05) is 0 Å². The normalized spacial score (nSPS) is 11.7. The first kappa shape index (κ1) is 15.7. The van der Waals surface area contributed by atoms with Gasteiger partial charge in [-0.25, -0.2) is 18.9 Å². The molecule has 0 spiro atoms. The van der Waals surface area contributed by atoms with Crippen molar-refractivity contribution in [1.82, 2.24) is 24.1 Å². The summed E-state index contributed by atoms with van der Waals surface area (Å²) in [5.41, 5.74) is 4.55. The lowest BCUT2D eigenvalue weighted by atomic mass is 10.2. The molecule has 0 N–H and O–H groups in total. The molecule has 0 radical (unpaired) electrons. The lowest BCUT2D eigenvalue weighted by molar-refractivity contribution is 0.494. The molecule has 0 aliphatic carbocycles. The van der Waals surface area contributed by atoms with Crippen LogP contribution in [0.2, 0.25) is 0 Å². The average molecular weight is 361 g/mol. The molecule has 27 heavy (non-hydrogen) atoms. The van der Waals surface area contributed by atoms with Gasteiger partial charge < -0.3 is 8.98 Å². The van der Waals surface area contributed by atoms with Gasteiger partial charge in [-0.15, -0.1) is 5.10 Å². The summed E-state index contributed by atoms with van der Waals surface area (Å²) in [4.78, 5) is 9.32. The Balaban J connectivity index is 1.71. The molecule has 0 saturated carbocycles. The number of halogens is 1. The first-order valence-electron chi connectivity index (χ1n) is 8.61. The van der Waals surface area contributed by atoms with E-state index in [9.17, 15) is 4.39 Å². The van der Waals surface area contributed by atoms with Crippen LogP contribution in [0.5, 0.6) is 0 Å². The zero-order valence-corrected chi connectivity index (χ0v) is 14.8. The van der Waals surface area contributed by atoms with Crippen molar-refractivity contribution in [3.8, 4) is 11.4 Å². The van der Waals surface area contributed by atoms with Crippen molar-refractivity contribution in [1.29, 1.82) is 0 Å². The Morgan fingerprint density at radius 3 is 2.63 bits per heavy atom. The Labute approximate surface area is 153 Å². The summed E-state index contributed by atoms with van der Waals surface area (Å²) in [6.07, 6.45) is 3.33. The van der Waals surface area contributed by atoms with E-state index in [4.69, 9.17) is 9.40 Å². The third kappa shape index (κ3) is 2.43. The Morgan fingerprint density at radius 1 is 1.07 bits per heavy atom. The zero-order chi connectivity index (χ0) is 18.5. The molecule has 134 valence electrons. The molecule has 7 heteroatoms. The third-order valence-corrected chi connectivity index (χ3v) is 4.94. The molecule has 1 aromatic carbocycles. The first-order valence-corrected chi connectivity index (χ1v) is 8.61. The van der Waals surface area contributed by atoms with Crippen LogP contribution in [0, 0.1) is 19.7 Å². The summed E-state index contributed by atoms with van der Waals surface area (Å²) in [5, 5.41) is 5.47. The lowest BCUT2D eigenvalue weighted by Gasteiger charge is -2.05.